The lowest BCUT2D eigenvalue weighted by Gasteiger charge is -2.24. The quantitative estimate of drug-likeness (QED) is 0.0245. The summed E-state index contributed by atoms with van der Waals surface area (Å²) in [5.41, 5.74) is 0. The van der Waals surface area contributed by atoms with Crippen molar-refractivity contribution in [1.82, 2.24) is 5.32 Å². The largest absolute Gasteiger partial charge is 0.462 e. The molecule has 0 aromatic carbocycles. The number of allylic oxidation sites excluding steroid dienone is 6. The number of rotatable bonds is 47. The minimum Gasteiger partial charge on any atom is -0.462 e. The zero-order valence-corrected chi connectivity index (χ0v) is 40.1. The number of hydrogen-bond acceptors (Lipinski definition) is 5. The van der Waals surface area contributed by atoms with Gasteiger partial charge in [-0.1, -0.05) is 218 Å². The summed E-state index contributed by atoms with van der Waals surface area (Å²) < 4.78 is 5.92. The van der Waals surface area contributed by atoms with Crippen molar-refractivity contribution in [1.29, 1.82) is 0 Å². The predicted molar refractivity (Wildman–Crippen MR) is 259 cm³/mol. The number of unbranched alkanes of at least 4 members (excludes halogenated alkanes) is 30. The van der Waals surface area contributed by atoms with E-state index in [0.717, 1.165) is 77.0 Å². The molecular formula is C54H101NO5. The molecule has 6 heteroatoms. The average molecular weight is 844 g/mol. The molecule has 1 amide bonds. The van der Waals surface area contributed by atoms with Crippen LogP contribution in [0, 0.1) is 0 Å². The van der Waals surface area contributed by atoms with E-state index in [4.69, 9.17) is 4.74 Å². The van der Waals surface area contributed by atoms with E-state index in [9.17, 15) is 19.8 Å². The van der Waals surface area contributed by atoms with Gasteiger partial charge in [-0.25, -0.2) is 0 Å². The van der Waals surface area contributed by atoms with Gasteiger partial charge in [-0.05, 0) is 77.0 Å². The molecule has 0 fully saturated rings. The minimum atomic E-state index is -0.792. The summed E-state index contributed by atoms with van der Waals surface area (Å²) in [7, 11) is 0. The third-order valence-electron chi connectivity index (χ3n) is 12.0. The van der Waals surface area contributed by atoms with Crippen LogP contribution in [-0.2, 0) is 14.3 Å². The summed E-state index contributed by atoms with van der Waals surface area (Å²) in [5.74, 6) is -0.506. The van der Waals surface area contributed by atoms with E-state index < -0.39 is 18.2 Å². The van der Waals surface area contributed by atoms with E-state index in [0.29, 0.717) is 19.3 Å². The van der Waals surface area contributed by atoms with Crippen molar-refractivity contribution in [3.8, 4) is 0 Å². The number of hydrogen-bond donors (Lipinski definition) is 3. The third-order valence-corrected chi connectivity index (χ3v) is 12.0. The molecule has 6 nitrogen and oxygen atoms in total. The lowest BCUT2D eigenvalue weighted by molar-refractivity contribution is -0.151. The highest BCUT2D eigenvalue weighted by atomic mass is 16.5. The Bertz CT molecular complexity index is 993. The monoisotopic (exact) mass is 844 g/mol. The SMILES string of the molecule is CCCCCCCC/C=C/CCCCCCCC(CC(=O)NC(CO)C(O)CCCCCCCCCCCC)OC(=O)CCCCC/C=C/C=C/CCCCCCCCC. The number of esters is 1. The second-order valence-electron chi connectivity index (χ2n) is 17.9. The van der Waals surface area contributed by atoms with Gasteiger partial charge in [0, 0.05) is 6.42 Å². The molecule has 0 aliphatic rings. The predicted octanol–water partition coefficient (Wildman–Crippen LogP) is 15.7. The van der Waals surface area contributed by atoms with Crippen LogP contribution < -0.4 is 5.32 Å². The molecule has 0 spiro atoms. The van der Waals surface area contributed by atoms with E-state index in [2.05, 4.69) is 62.5 Å². The third kappa shape index (κ3) is 42.8. The van der Waals surface area contributed by atoms with Gasteiger partial charge in [0.05, 0.1) is 25.2 Å². The maximum atomic E-state index is 13.2. The van der Waals surface area contributed by atoms with Crippen LogP contribution in [0.2, 0.25) is 0 Å². The Morgan fingerprint density at radius 3 is 1.28 bits per heavy atom. The molecule has 0 rings (SSSR count). The van der Waals surface area contributed by atoms with Gasteiger partial charge in [0.2, 0.25) is 5.91 Å². The van der Waals surface area contributed by atoms with Crippen LogP contribution in [-0.4, -0.2) is 46.9 Å². The van der Waals surface area contributed by atoms with Crippen LogP contribution in [0.25, 0.3) is 0 Å². The highest BCUT2D eigenvalue weighted by Crippen LogP contribution is 2.17. The molecule has 0 aliphatic carbocycles. The van der Waals surface area contributed by atoms with Crippen LogP contribution in [0.3, 0.4) is 0 Å². The Hall–Kier alpha value is -1.92. The number of amides is 1. The molecule has 352 valence electrons. The van der Waals surface area contributed by atoms with Crippen molar-refractivity contribution >= 4 is 11.9 Å². The van der Waals surface area contributed by atoms with Gasteiger partial charge in [0.1, 0.15) is 6.10 Å². The fourth-order valence-corrected chi connectivity index (χ4v) is 7.95. The summed E-state index contributed by atoms with van der Waals surface area (Å²) in [6.07, 6.45) is 56.3. The molecule has 3 unspecified atom stereocenters. The average Bonchev–Trinajstić information content (AvgIpc) is 3.24. The standard InChI is InChI=1S/C54H101NO5/c1-4-7-10-13-16-19-22-24-26-28-30-32-35-38-41-44-47-54(59)60-50(45-42-39-36-33-31-29-27-25-23-20-17-14-11-8-5-2)48-53(58)55-51(49-56)52(57)46-43-40-37-34-21-18-15-12-9-6-3/h25-28,30,32,50-52,56-57H,4-24,29,31,33-49H2,1-3H3,(H,55,58)/b27-25+,28-26+,32-30+. The Labute approximate surface area is 373 Å². The molecule has 0 aliphatic heterocycles. The molecule has 0 heterocycles. The number of ether oxygens (including phenoxy) is 1. The lowest BCUT2D eigenvalue weighted by atomic mass is 10.0. The van der Waals surface area contributed by atoms with Crippen molar-refractivity contribution in [3.05, 3.63) is 36.5 Å². The van der Waals surface area contributed by atoms with Gasteiger partial charge in [-0.3, -0.25) is 9.59 Å². The highest BCUT2D eigenvalue weighted by Gasteiger charge is 2.24. The number of nitrogens with one attached hydrogen (secondary N) is 1. The van der Waals surface area contributed by atoms with E-state index in [-0.39, 0.29) is 24.9 Å². The molecule has 0 saturated heterocycles. The van der Waals surface area contributed by atoms with Gasteiger partial charge in [-0.2, -0.15) is 0 Å². The molecule has 0 saturated carbocycles. The maximum absolute atomic E-state index is 13.2. The van der Waals surface area contributed by atoms with Crippen LogP contribution in [0.4, 0.5) is 0 Å². The zero-order chi connectivity index (χ0) is 43.8. The first-order valence-corrected chi connectivity index (χ1v) is 26.2. The zero-order valence-electron chi connectivity index (χ0n) is 40.1. The first-order valence-electron chi connectivity index (χ1n) is 26.2. The Morgan fingerprint density at radius 2 is 0.850 bits per heavy atom. The Kier molecular flexibility index (Phi) is 46.6. The minimum absolute atomic E-state index is 0.0634. The molecule has 0 bridgehead atoms. The first kappa shape index (κ1) is 58.1. The van der Waals surface area contributed by atoms with Crippen molar-refractivity contribution < 1.29 is 24.5 Å². The van der Waals surface area contributed by atoms with E-state index in [1.807, 2.05) is 0 Å². The first-order chi connectivity index (χ1) is 29.5. The fraction of sp³-hybridized carbons (Fsp3) is 0.852. The van der Waals surface area contributed by atoms with Crippen LogP contribution >= 0.6 is 0 Å². The summed E-state index contributed by atoms with van der Waals surface area (Å²) in [4.78, 5) is 26.1. The summed E-state index contributed by atoms with van der Waals surface area (Å²) in [6.45, 7) is 6.46. The van der Waals surface area contributed by atoms with Crippen LogP contribution in [0.15, 0.2) is 36.5 Å². The Morgan fingerprint density at radius 1 is 0.483 bits per heavy atom. The molecule has 60 heavy (non-hydrogen) atoms. The van der Waals surface area contributed by atoms with E-state index in [1.54, 1.807) is 0 Å². The van der Waals surface area contributed by atoms with Gasteiger partial charge in [0.15, 0.2) is 0 Å². The fourth-order valence-electron chi connectivity index (χ4n) is 7.95. The second kappa shape index (κ2) is 48.1. The van der Waals surface area contributed by atoms with Gasteiger partial charge >= 0.3 is 5.97 Å². The number of aliphatic hydroxyl groups excluding tert-OH is 2. The number of carbonyl (C=O) groups is 2. The number of carbonyl (C=O) groups excluding carboxylic acids is 2. The molecular weight excluding hydrogens is 743 g/mol. The normalized spacial score (nSPS) is 13.5. The molecule has 3 N–H and O–H groups in total. The van der Waals surface area contributed by atoms with Crippen LogP contribution in [0.1, 0.15) is 271 Å². The number of aliphatic hydroxyl groups is 2. The maximum Gasteiger partial charge on any atom is 0.306 e. The van der Waals surface area contributed by atoms with E-state index >= 15 is 0 Å². The second-order valence-corrected chi connectivity index (χ2v) is 17.9. The van der Waals surface area contributed by atoms with Crippen molar-refractivity contribution in [2.45, 2.75) is 289 Å². The van der Waals surface area contributed by atoms with Crippen molar-refractivity contribution in [2.75, 3.05) is 6.61 Å². The molecule has 3 atom stereocenters. The van der Waals surface area contributed by atoms with Gasteiger partial charge in [-0.15, -0.1) is 0 Å². The smallest absolute Gasteiger partial charge is 0.306 e. The summed E-state index contributed by atoms with van der Waals surface area (Å²) in [6, 6.07) is -0.707. The van der Waals surface area contributed by atoms with Crippen molar-refractivity contribution in [3.63, 3.8) is 0 Å². The van der Waals surface area contributed by atoms with Gasteiger partial charge in [0.25, 0.3) is 0 Å². The van der Waals surface area contributed by atoms with E-state index in [1.165, 1.54) is 148 Å². The molecule has 0 aromatic rings. The Balaban J connectivity index is 4.62. The lowest BCUT2D eigenvalue weighted by Crippen LogP contribution is -2.46. The summed E-state index contributed by atoms with van der Waals surface area (Å²) in [5, 5.41) is 23.7. The molecule has 0 radical (unpaired) electrons. The molecule has 0 aromatic heterocycles. The topological polar surface area (TPSA) is 95.9 Å². The van der Waals surface area contributed by atoms with Crippen LogP contribution in [0.5, 0.6) is 0 Å². The highest BCUT2D eigenvalue weighted by molar-refractivity contribution is 5.77. The van der Waals surface area contributed by atoms with Crippen molar-refractivity contribution in [2.24, 2.45) is 0 Å². The summed E-state index contributed by atoms with van der Waals surface area (Å²) >= 11 is 0. The van der Waals surface area contributed by atoms with Gasteiger partial charge < -0.3 is 20.3 Å².